The number of nitrogens with zero attached hydrogens (tertiary/aromatic N) is 4. The Labute approximate surface area is 247 Å². The Morgan fingerprint density at radius 3 is 2.66 bits per heavy atom. The lowest BCUT2D eigenvalue weighted by molar-refractivity contribution is -0.135. The summed E-state index contributed by atoms with van der Waals surface area (Å²) in [5.41, 5.74) is 0.870. The average molecular weight is 567 g/mol. The lowest BCUT2D eigenvalue weighted by atomic mass is 9.44. The molecule has 7 nitrogen and oxygen atoms in total. The van der Waals surface area contributed by atoms with Crippen LogP contribution in [-0.4, -0.2) is 64.8 Å². The number of piperazine rings is 1. The minimum Gasteiger partial charge on any atom is -0.491 e. The van der Waals surface area contributed by atoms with Crippen LogP contribution in [0.5, 0.6) is 5.75 Å². The highest BCUT2D eigenvalue weighted by molar-refractivity contribution is 5.77. The lowest BCUT2D eigenvalue weighted by Crippen LogP contribution is -2.54. The predicted octanol–water partition coefficient (Wildman–Crippen LogP) is 5.96. The van der Waals surface area contributed by atoms with Crippen LogP contribution >= 0.6 is 0 Å². The molecule has 7 heteroatoms. The number of hydrogen-bond acceptors (Lipinski definition) is 6. The summed E-state index contributed by atoms with van der Waals surface area (Å²) in [5, 5.41) is 10.4. The molecule has 1 unspecified atom stereocenters. The standard InChI is InChI=1S/C34H54N4O3/c1-22(6-11-31(40)38-17-16-37(20-23(38)2)32-30(41-5)19-35-21-36-32)27-9-10-28-26-8-7-24-18-25(39)12-14-33(24,3)29(26)13-15-34(27,28)4/h19,21-29,39H,6-18,20H2,1-5H3/t22?,23-,24-,25-,26-,27+,28-,29-,33-,34+/m0/s1. The molecule has 1 amide bonds. The Balaban J connectivity index is 1.04. The molecule has 0 radical (unpaired) electrons. The van der Waals surface area contributed by atoms with E-state index in [-0.39, 0.29) is 12.1 Å². The van der Waals surface area contributed by atoms with E-state index in [9.17, 15) is 9.90 Å². The van der Waals surface area contributed by atoms with Crippen LogP contribution in [0.2, 0.25) is 0 Å². The largest absolute Gasteiger partial charge is 0.491 e. The molecule has 4 saturated carbocycles. The highest BCUT2D eigenvalue weighted by Crippen LogP contribution is 2.68. The zero-order valence-corrected chi connectivity index (χ0v) is 26.2. The van der Waals surface area contributed by atoms with Gasteiger partial charge in [-0.1, -0.05) is 20.8 Å². The summed E-state index contributed by atoms with van der Waals surface area (Å²) in [7, 11) is 1.65. The Kier molecular flexibility index (Phi) is 8.06. The van der Waals surface area contributed by atoms with Crippen molar-refractivity contribution in [3.63, 3.8) is 0 Å². The van der Waals surface area contributed by atoms with Crippen LogP contribution in [-0.2, 0) is 4.79 Å². The molecule has 1 aromatic heterocycles. The monoisotopic (exact) mass is 566 g/mol. The van der Waals surface area contributed by atoms with Crippen molar-refractivity contribution in [1.29, 1.82) is 0 Å². The van der Waals surface area contributed by atoms with Gasteiger partial charge in [0.1, 0.15) is 6.33 Å². The molecule has 0 bridgehead atoms. The van der Waals surface area contributed by atoms with E-state index in [0.29, 0.717) is 34.8 Å². The van der Waals surface area contributed by atoms with Crippen LogP contribution in [0.3, 0.4) is 0 Å². The SMILES string of the molecule is COc1cncnc1N1CCN(C(=O)CCC(C)[C@H]2CC[C@H]3[C@@H]4CC[C@H]5C[C@@H](O)CC[C@]5(C)[C@H]4CC[C@]23C)[C@@H](C)C1. The number of aliphatic hydroxyl groups is 1. The maximum Gasteiger partial charge on any atom is 0.222 e. The second-order valence-electron chi connectivity index (χ2n) is 15.1. The van der Waals surface area contributed by atoms with Gasteiger partial charge in [0.25, 0.3) is 0 Å². The molecule has 1 aliphatic heterocycles. The quantitative estimate of drug-likeness (QED) is 0.458. The van der Waals surface area contributed by atoms with Gasteiger partial charge in [0, 0.05) is 32.1 Å². The molecule has 1 N–H and O–H groups in total. The fourth-order valence-corrected chi connectivity index (χ4v) is 11.1. The first-order valence-electron chi connectivity index (χ1n) is 16.7. The van der Waals surface area contributed by atoms with Gasteiger partial charge in [0.2, 0.25) is 5.91 Å². The number of anilines is 1. The minimum atomic E-state index is -0.0632. The number of amides is 1. The number of carbonyl (C=O) groups is 1. The van der Waals surface area contributed by atoms with Crippen molar-refractivity contribution in [3.8, 4) is 5.75 Å². The lowest BCUT2D eigenvalue weighted by Gasteiger charge is -2.61. The molecular weight excluding hydrogens is 512 g/mol. The normalized spacial score (nSPS) is 41.3. The molecular formula is C34H54N4O3. The van der Waals surface area contributed by atoms with E-state index in [0.717, 1.165) is 74.3 Å². The molecule has 10 atom stereocenters. The summed E-state index contributed by atoms with van der Waals surface area (Å²) in [6.07, 6.45) is 16.3. The van der Waals surface area contributed by atoms with Crippen LogP contribution < -0.4 is 9.64 Å². The molecule has 0 spiro atoms. The molecule has 2 heterocycles. The highest BCUT2D eigenvalue weighted by Gasteiger charge is 2.60. The van der Waals surface area contributed by atoms with Gasteiger partial charge in [-0.2, -0.15) is 0 Å². The number of carbonyl (C=O) groups excluding carboxylic acids is 1. The molecule has 0 aromatic carbocycles. The summed E-state index contributed by atoms with van der Waals surface area (Å²) >= 11 is 0. The number of ether oxygens (including phenoxy) is 1. The van der Waals surface area contributed by atoms with Gasteiger partial charge >= 0.3 is 0 Å². The number of fused-ring (bicyclic) bond motifs is 5. The first kappa shape index (κ1) is 29.2. The molecule has 228 valence electrons. The first-order chi connectivity index (χ1) is 19.7. The third-order valence-electron chi connectivity index (χ3n) is 13.3. The van der Waals surface area contributed by atoms with Crippen molar-refractivity contribution in [2.75, 3.05) is 31.6 Å². The summed E-state index contributed by atoms with van der Waals surface area (Å²) in [4.78, 5) is 26.3. The van der Waals surface area contributed by atoms with Crippen LogP contribution in [0.4, 0.5) is 5.82 Å². The fourth-order valence-electron chi connectivity index (χ4n) is 11.1. The second-order valence-corrected chi connectivity index (χ2v) is 15.1. The van der Waals surface area contributed by atoms with Gasteiger partial charge < -0.3 is 19.6 Å². The summed E-state index contributed by atoms with van der Waals surface area (Å²) in [5.74, 6) is 6.44. The third kappa shape index (κ3) is 5.06. The zero-order chi connectivity index (χ0) is 28.9. The van der Waals surface area contributed by atoms with E-state index in [4.69, 9.17) is 4.74 Å². The van der Waals surface area contributed by atoms with E-state index >= 15 is 0 Å². The van der Waals surface area contributed by atoms with Crippen molar-refractivity contribution in [2.24, 2.45) is 46.3 Å². The Bertz CT molecular complexity index is 1100. The van der Waals surface area contributed by atoms with Crippen molar-refractivity contribution >= 4 is 11.7 Å². The van der Waals surface area contributed by atoms with Crippen LogP contribution in [0.1, 0.15) is 98.3 Å². The smallest absolute Gasteiger partial charge is 0.222 e. The van der Waals surface area contributed by atoms with Gasteiger partial charge in [-0.3, -0.25) is 4.79 Å². The van der Waals surface area contributed by atoms with Crippen LogP contribution in [0, 0.1) is 46.3 Å². The summed E-state index contributed by atoms with van der Waals surface area (Å²) < 4.78 is 5.47. The molecule has 1 saturated heterocycles. The van der Waals surface area contributed by atoms with Crippen molar-refractivity contribution in [1.82, 2.24) is 14.9 Å². The summed E-state index contributed by atoms with van der Waals surface area (Å²) in [6.45, 7) is 12.1. The number of aliphatic hydroxyl groups excluding tert-OH is 1. The van der Waals surface area contributed by atoms with Crippen molar-refractivity contribution in [3.05, 3.63) is 12.5 Å². The number of aromatic nitrogens is 2. The number of hydrogen-bond donors (Lipinski definition) is 1. The van der Waals surface area contributed by atoms with Gasteiger partial charge in [-0.25, -0.2) is 9.97 Å². The minimum absolute atomic E-state index is 0.0632. The third-order valence-corrected chi connectivity index (χ3v) is 13.3. The molecule has 4 aliphatic carbocycles. The molecule has 1 aromatic rings. The fraction of sp³-hybridized carbons (Fsp3) is 0.853. The average Bonchev–Trinajstić information content (AvgIpc) is 3.33. The molecule has 6 rings (SSSR count). The molecule has 5 fully saturated rings. The van der Waals surface area contributed by atoms with Crippen LogP contribution in [0.15, 0.2) is 12.5 Å². The van der Waals surface area contributed by atoms with Crippen molar-refractivity contribution in [2.45, 2.75) is 110 Å². The molecule has 5 aliphatic rings. The Hall–Kier alpha value is -1.89. The van der Waals surface area contributed by atoms with Gasteiger partial charge in [0.05, 0.1) is 19.4 Å². The maximum atomic E-state index is 13.5. The van der Waals surface area contributed by atoms with E-state index in [1.165, 1.54) is 44.9 Å². The zero-order valence-electron chi connectivity index (χ0n) is 26.2. The van der Waals surface area contributed by atoms with E-state index in [2.05, 4.69) is 47.5 Å². The van der Waals surface area contributed by atoms with E-state index in [1.54, 1.807) is 19.6 Å². The van der Waals surface area contributed by atoms with Gasteiger partial charge in [-0.15, -0.1) is 0 Å². The van der Waals surface area contributed by atoms with Crippen LogP contribution in [0.25, 0.3) is 0 Å². The molecule has 41 heavy (non-hydrogen) atoms. The van der Waals surface area contributed by atoms with Gasteiger partial charge in [-0.05, 0) is 117 Å². The second kappa shape index (κ2) is 11.3. The highest BCUT2D eigenvalue weighted by atomic mass is 16.5. The Morgan fingerprint density at radius 1 is 1.10 bits per heavy atom. The van der Waals surface area contributed by atoms with E-state index in [1.807, 2.05) is 0 Å². The van der Waals surface area contributed by atoms with Gasteiger partial charge in [0.15, 0.2) is 11.6 Å². The Morgan fingerprint density at radius 2 is 1.88 bits per heavy atom. The van der Waals surface area contributed by atoms with Crippen molar-refractivity contribution < 1.29 is 14.6 Å². The summed E-state index contributed by atoms with van der Waals surface area (Å²) in [6, 6.07) is 0.146. The first-order valence-corrected chi connectivity index (χ1v) is 16.7. The maximum absolute atomic E-state index is 13.5. The van der Waals surface area contributed by atoms with E-state index < -0.39 is 0 Å². The number of methoxy groups -OCH3 is 1. The number of rotatable bonds is 6. The predicted molar refractivity (Wildman–Crippen MR) is 162 cm³/mol. The topological polar surface area (TPSA) is 78.8 Å².